The fraction of sp³-hybridized carbons (Fsp3) is 0.316. The molecule has 0 saturated carbocycles. The highest BCUT2D eigenvalue weighted by atomic mass is 32.1. The van der Waals surface area contributed by atoms with Crippen LogP contribution in [0.5, 0.6) is 0 Å². The van der Waals surface area contributed by atoms with Crippen molar-refractivity contribution >= 4 is 33.4 Å². The number of likely N-dealkylation sites (N-methyl/N-ethyl adjacent to an activating group) is 1. The number of benzene rings is 1. The number of aromatic nitrogens is 2. The van der Waals surface area contributed by atoms with Crippen molar-refractivity contribution in [3.05, 3.63) is 52.3 Å². The molecular weight excluding hydrogens is 369 g/mol. The van der Waals surface area contributed by atoms with Crippen molar-refractivity contribution in [3.8, 4) is 0 Å². The molecule has 2 aromatic heterocycles. The number of carbonyl (C=O) groups is 2. The molecule has 0 fully saturated rings. The second-order valence-corrected chi connectivity index (χ2v) is 7.17. The summed E-state index contributed by atoms with van der Waals surface area (Å²) in [6.07, 6.45) is -0.862. The summed E-state index contributed by atoms with van der Waals surface area (Å²) in [5.41, 5.74) is 1.70. The van der Waals surface area contributed by atoms with Crippen LogP contribution in [-0.4, -0.2) is 34.3 Å². The van der Waals surface area contributed by atoms with E-state index < -0.39 is 12.1 Å². The van der Waals surface area contributed by atoms with Crippen molar-refractivity contribution in [2.24, 2.45) is 0 Å². The summed E-state index contributed by atoms with van der Waals surface area (Å²) < 4.78 is 20.1. The molecule has 0 bridgehead atoms. The smallest absolute Gasteiger partial charge is 0.349 e. The van der Waals surface area contributed by atoms with Gasteiger partial charge in [0, 0.05) is 11.9 Å². The second kappa shape index (κ2) is 7.87. The normalized spacial score (nSPS) is 12.1. The van der Waals surface area contributed by atoms with Crippen LogP contribution in [0.4, 0.5) is 4.39 Å². The lowest BCUT2D eigenvalue weighted by molar-refractivity contribution is -0.128. The number of ether oxygens (including phenoxy) is 1. The molecule has 1 aromatic carbocycles. The summed E-state index contributed by atoms with van der Waals surface area (Å²) in [7, 11) is 0. The molecule has 2 heterocycles. The lowest BCUT2D eigenvalue weighted by atomic mass is 10.2. The Morgan fingerprint density at radius 1 is 1.33 bits per heavy atom. The summed E-state index contributed by atoms with van der Waals surface area (Å²) in [5.74, 6) is -1.16. The molecule has 3 aromatic rings. The maximum atomic E-state index is 13.1. The summed E-state index contributed by atoms with van der Waals surface area (Å²) in [5, 5.41) is 7.98. The Bertz CT molecular complexity index is 978. The van der Waals surface area contributed by atoms with E-state index in [0.29, 0.717) is 18.0 Å². The summed E-state index contributed by atoms with van der Waals surface area (Å²) >= 11 is 1.26. The standard InChI is InChI=1S/C19H20FN3O3S/c1-4-21-17(24)12(3)26-19(25)16-9-15-11(2)22-23(18(15)27-16)10-13-5-7-14(20)8-6-13/h5-9,12H,4,10H2,1-3H3,(H,21,24)/t12-/m1/s1. The third-order valence-corrected chi connectivity index (χ3v) is 5.19. The van der Waals surface area contributed by atoms with Gasteiger partial charge in [-0.3, -0.25) is 9.48 Å². The van der Waals surface area contributed by atoms with Gasteiger partial charge in [-0.2, -0.15) is 5.10 Å². The molecule has 1 atom stereocenters. The van der Waals surface area contributed by atoms with Crippen LogP contribution in [0, 0.1) is 12.7 Å². The fourth-order valence-electron chi connectivity index (χ4n) is 2.67. The zero-order chi connectivity index (χ0) is 19.6. The first kappa shape index (κ1) is 19.0. The predicted octanol–water partition coefficient (Wildman–Crippen LogP) is 3.28. The first-order valence-electron chi connectivity index (χ1n) is 8.59. The van der Waals surface area contributed by atoms with Gasteiger partial charge in [-0.1, -0.05) is 12.1 Å². The molecule has 6 nitrogen and oxygen atoms in total. The molecule has 1 N–H and O–H groups in total. The van der Waals surface area contributed by atoms with Crippen LogP contribution in [0.25, 0.3) is 10.2 Å². The van der Waals surface area contributed by atoms with Crippen LogP contribution in [0.15, 0.2) is 30.3 Å². The molecule has 142 valence electrons. The number of thiophene rings is 1. The molecule has 1 amide bonds. The van der Waals surface area contributed by atoms with Gasteiger partial charge in [-0.25, -0.2) is 9.18 Å². The van der Waals surface area contributed by atoms with Gasteiger partial charge in [-0.15, -0.1) is 11.3 Å². The van der Waals surface area contributed by atoms with Crippen molar-refractivity contribution in [2.75, 3.05) is 6.54 Å². The number of amides is 1. The SMILES string of the molecule is CCNC(=O)[C@@H](C)OC(=O)c1cc2c(C)nn(Cc3ccc(F)cc3)c2s1. The molecule has 0 radical (unpaired) electrons. The summed E-state index contributed by atoms with van der Waals surface area (Å²) in [6.45, 7) is 6.14. The number of nitrogens with zero attached hydrogens (tertiary/aromatic N) is 2. The van der Waals surface area contributed by atoms with Gasteiger partial charge in [0.2, 0.25) is 0 Å². The number of nitrogens with one attached hydrogen (secondary N) is 1. The average Bonchev–Trinajstić information content (AvgIpc) is 3.19. The minimum atomic E-state index is -0.862. The quantitative estimate of drug-likeness (QED) is 0.657. The summed E-state index contributed by atoms with van der Waals surface area (Å²) in [6, 6.07) is 7.95. The van der Waals surface area contributed by atoms with E-state index in [9.17, 15) is 14.0 Å². The van der Waals surface area contributed by atoms with Gasteiger partial charge >= 0.3 is 5.97 Å². The van der Waals surface area contributed by atoms with Crippen LogP contribution in [0.1, 0.15) is 34.8 Å². The zero-order valence-corrected chi connectivity index (χ0v) is 16.1. The third kappa shape index (κ3) is 4.16. The van der Waals surface area contributed by atoms with Gasteiger partial charge in [0.15, 0.2) is 6.10 Å². The van der Waals surface area contributed by atoms with E-state index in [1.807, 2.05) is 6.92 Å². The van der Waals surface area contributed by atoms with E-state index in [0.717, 1.165) is 21.5 Å². The maximum Gasteiger partial charge on any atom is 0.349 e. The molecule has 8 heteroatoms. The number of rotatable bonds is 6. The van der Waals surface area contributed by atoms with E-state index in [4.69, 9.17) is 4.74 Å². The van der Waals surface area contributed by atoms with Gasteiger partial charge in [-0.05, 0) is 44.5 Å². The van der Waals surface area contributed by atoms with Crippen LogP contribution >= 0.6 is 11.3 Å². The average molecular weight is 389 g/mol. The molecule has 0 unspecified atom stereocenters. The monoisotopic (exact) mass is 389 g/mol. The first-order chi connectivity index (χ1) is 12.9. The number of fused-ring (bicyclic) bond motifs is 1. The number of hydrogen-bond donors (Lipinski definition) is 1. The number of aryl methyl sites for hydroxylation is 1. The molecule has 0 aliphatic heterocycles. The lowest BCUT2D eigenvalue weighted by Gasteiger charge is -2.11. The number of halogens is 1. The molecule has 0 aliphatic carbocycles. The predicted molar refractivity (Wildman–Crippen MR) is 101 cm³/mol. The molecule has 0 spiro atoms. The van der Waals surface area contributed by atoms with Crippen LogP contribution in [0.2, 0.25) is 0 Å². The Labute approximate surface area is 159 Å². The maximum absolute atomic E-state index is 13.1. The minimum absolute atomic E-state index is 0.289. The Hall–Kier alpha value is -2.74. The molecular formula is C19H20FN3O3S. The highest BCUT2D eigenvalue weighted by Gasteiger charge is 2.22. The molecule has 27 heavy (non-hydrogen) atoms. The van der Waals surface area contributed by atoms with E-state index in [2.05, 4.69) is 10.4 Å². The van der Waals surface area contributed by atoms with Crippen LogP contribution in [0.3, 0.4) is 0 Å². The fourth-order valence-corrected chi connectivity index (χ4v) is 3.72. The number of carbonyl (C=O) groups excluding carboxylic acids is 2. The first-order valence-corrected chi connectivity index (χ1v) is 9.40. The Morgan fingerprint density at radius 2 is 2.04 bits per heavy atom. The van der Waals surface area contributed by atoms with Crippen molar-refractivity contribution < 1.29 is 18.7 Å². The van der Waals surface area contributed by atoms with E-state index in [-0.39, 0.29) is 11.7 Å². The molecule has 0 aliphatic rings. The minimum Gasteiger partial charge on any atom is -0.448 e. The van der Waals surface area contributed by atoms with Crippen molar-refractivity contribution in [2.45, 2.75) is 33.4 Å². The third-order valence-electron chi connectivity index (χ3n) is 4.06. The number of hydrogen-bond acceptors (Lipinski definition) is 5. The van der Waals surface area contributed by atoms with Crippen molar-refractivity contribution in [3.63, 3.8) is 0 Å². The molecule has 3 rings (SSSR count). The Morgan fingerprint density at radius 3 is 2.70 bits per heavy atom. The lowest BCUT2D eigenvalue weighted by Crippen LogP contribution is -2.35. The van der Waals surface area contributed by atoms with Crippen molar-refractivity contribution in [1.82, 2.24) is 15.1 Å². The van der Waals surface area contributed by atoms with Crippen molar-refractivity contribution in [1.29, 1.82) is 0 Å². The highest BCUT2D eigenvalue weighted by Crippen LogP contribution is 2.29. The van der Waals surface area contributed by atoms with E-state index in [1.165, 1.54) is 30.4 Å². The van der Waals surface area contributed by atoms with E-state index in [1.54, 1.807) is 29.8 Å². The van der Waals surface area contributed by atoms with Gasteiger partial charge < -0.3 is 10.1 Å². The van der Waals surface area contributed by atoms with Gasteiger partial charge in [0.1, 0.15) is 15.5 Å². The highest BCUT2D eigenvalue weighted by molar-refractivity contribution is 7.20. The number of esters is 1. The Balaban J connectivity index is 1.81. The van der Waals surface area contributed by atoms with E-state index >= 15 is 0 Å². The molecule has 0 saturated heterocycles. The second-order valence-electron chi connectivity index (χ2n) is 6.14. The Kier molecular flexibility index (Phi) is 5.55. The van der Waals surface area contributed by atoms with Crippen LogP contribution < -0.4 is 5.32 Å². The topological polar surface area (TPSA) is 73.2 Å². The van der Waals surface area contributed by atoms with Gasteiger partial charge in [0.05, 0.1) is 12.2 Å². The van der Waals surface area contributed by atoms with Crippen LogP contribution in [-0.2, 0) is 16.1 Å². The van der Waals surface area contributed by atoms with Gasteiger partial charge in [0.25, 0.3) is 5.91 Å². The zero-order valence-electron chi connectivity index (χ0n) is 15.3. The largest absolute Gasteiger partial charge is 0.448 e. The summed E-state index contributed by atoms with van der Waals surface area (Å²) in [4.78, 5) is 25.4.